The zero-order chi connectivity index (χ0) is 80.8. The van der Waals surface area contributed by atoms with Gasteiger partial charge in [-0.3, -0.25) is 57.7 Å². The maximum Gasteiger partial charge on any atom is 0.262 e. The fourth-order valence-corrected chi connectivity index (χ4v) is 14.6. The number of nitrogens with zero attached hydrogens (tertiary/aromatic N) is 4. The normalized spacial score (nSPS) is 12.3. The monoisotopic (exact) mass is 1520 g/mol. The molecule has 20 heteroatoms. The summed E-state index contributed by atoms with van der Waals surface area (Å²) in [6.45, 7) is 24.9. The van der Waals surface area contributed by atoms with Gasteiger partial charge in [-0.15, -0.1) is 0 Å². The molecule has 0 atom stereocenters. The van der Waals surface area contributed by atoms with Crippen LogP contribution in [0.3, 0.4) is 0 Å². The third-order valence-electron chi connectivity index (χ3n) is 20.5. The minimum Gasteiger partial charge on any atom is -0.457 e. The number of likely N-dealkylation sites (N-methyl/N-ethyl adjacent to an activating group) is 2. The molecule has 0 aromatic heterocycles. The third kappa shape index (κ3) is 16.4. The fourth-order valence-electron chi connectivity index (χ4n) is 14.6. The lowest BCUT2D eigenvalue weighted by Crippen LogP contribution is -2.47. The van der Waals surface area contributed by atoms with Crippen molar-refractivity contribution in [3.05, 3.63) is 275 Å². The van der Waals surface area contributed by atoms with Gasteiger partial charge in [0, 0.05) is 105 Å². The Bertz CT molecular complexity index is 5120. The topological polar surface area (TPSA) is 245 Å². The van der Waals surface area contributed by atoms with E-state index < -0.39 is 48.5 Å². The molecule has 2 N–H and O–H groups in total. The predicted molar refractivity (Wildman–Crippen MR) is 442 cm³/mol. The number of nitrogens with one attached hydrogen (secondary N) is 2. The van der Waals surface area contributed by atoms with Gasteiger partial charge < -0.3 is 39.4 Å². The lowest BCUT2D eigenvalue weighted by atomic mass is 9.80. The van der Waals surface area contributed by atoms with E-state index in [-0.39, 0.29) is 174 Å². The minimum atomic E-state index is -0.847. The number of imide groups is 2. The Hall–Kier alpha value is -13.6. The highest BCUT2D eigenvalue weighted by atomic mass is 16.5. The summed E-state index contributed by atoms with van der Waals surface area (Å²) in [5.41, 5.74) is 5.88. The standard InChI is InChI=1S/C94H86N6O14/c1-11-97(63-23-15-13-16-24-63)79(103)53-99-91(107)69-49-75(111-65-37-29-59(30-38-65)21-19-27-73(101)55(3)4)83-85-77(113-67-41-33-61(34-42-67)45-47-95-89(105)57(7)8)51-71-82-72(94(110)100(93(71)109)54-80(104)98(12-2)64-25-17-14-18-26-64)52-78(114-68-43-35-62(36-44-68)46-48-96-90(106)58(9)10)86(88(82)85)84-76(50-70(92(99)108)81(69)87(83)84)112-66-39-31-60(32-40-66)22-20-28-74(102)56(5)6/h13-18,23-26,29-44,49-52H,3,5,7,9,11-12,19-22,27-28,45-48,53-54H2,1-2,4,6,8,10H3,(H,95,105)(H,96,106). The smallest absolute Gasteiger partial charge is 0.262 e. The molecular weight excluding hydrogens is 1440 g/mol. The molecule has 0 aliphatic carbocycles. The quantitative estimate of drug-likeness (QED) is 0.0165. The Morgan fingerprint density at radius 1 is 0.351 bits per heavy atom. The van der Waals surface area contributed by atoms with Gasteiger partial charge in [0.15, 0.2) is 11.6 Å². The summed E-state index contributed by atoms with van der Waals surface area (Å²) in [5, 5.41) is 7.18. The first-order valence-corrected chi connectivity index (χ1v) is 38.0. The van der Waals surface area contributed by atoms with Crippen molar-refractivity contribution in [3.63, 3.8) is 0 Å². The van der Waals surface area contributed by atoms with Crippen LogP contribution in [0.4, 0.5) is 11.4 Å². The molecule has 2 aliphatic rings. The van der Waals surface area contributed by atoms with Gasteiger partial charge in [0.05, 0.1) is 22.3 Å². The summed E-state index contributed by atoms with van der Waals surface area (Å²) in [5.74, 6) is -4.13. The number of fused-ring (bicyclic) bond motifs is 2. The highest BCUT2D eigenvalue weighted by Crippen LogP contribution is 2.58. The highest BCUT2D eigenvalue weighted by Gasteiger charge is 2.43. The number of para-hydroxylation sites is 2. The van der Waals surface area contributed by atoms with E-state index in [2.05, 4.69) is 36.9 Å². The SMILES string of the molecule is C=C(C)C(=O)CCCc1ccc(Oc2cc3c4c(cc(Oc5ccc(CCCC(=O)C(=C)C)cc5)c5c6c(Oc7ccc(CCNC(=O)C(=C)C)cc7)cc7c8c(cc(Oc9ccc(CCNC(=O)C(=C)C)cc9)c(c2c45)c86)C(=O)N(CC(=O)N(CC)c2ccccc2)C7=O)C(=O)N(CC(=O)N(CC)c2ccccc2)C3=O)cc1. The molecule has 20 nitrogen and oxygen atoms in total. The number of Topliss-reactive ketones (excluding diaryl/α,β-unsaturated/α-hetero) is 2. The van der Waals surface area contributed by atoms with Crippen LogP contribution in [0, 0.1) is 0 Å². The minimum absolute atomic E-state index is 0.0000175. The summed E-state index contributed by atoms with van der Waals surface area (Å²) in [4.78, 5) is 150. The van der Waals surface area contributed by atoms with Crippen molar-refractivity contribution in [1.82, 2.24) is 20.4 Å². The molecule has 0 radical (unpaired) electrons. The van der Waals surface area contributed by atoms with E-state index in [1.807, 2.05) is 60.7 Å². The van der Waals surface area contributed by atoms with Gasteiger partial charge in [-0.05, 0) is 211 Å². The second kappa shape index (κ2) is 33.9. The van der Waals surface area contributed by atoms with Crippen molar-refractivity contribution in [1.29, 1.82) is 0 Å². The average Bonchev–Trinajstić information content (AvgIpc) is 0.671. The molecule has 0 saturated carbocycles. The van der Waals surface area contributed by atoms with Crippen molar-refractivity contribution in [2.75, 3.05) is 49.1 Å². The van der Waals surface area contributed by atoms with Gasteiger partial charge >= 0.3 is 0 Å². The van der Waals surface area contributed by atoms with E-state index >= 15 is 19.2 Å². The van der Waals surface area contributed by atoms with Crippen LogP contribution in [-0.2, 0) is 54.5 Å². The summed E-state index contributed by atoms with van der Waals surface area (Å²) >= 11 is 0. The number of amides is 8. The number of aryl methyl sites for hydroxylation is 2. The molecule has 13 rings (SSSR count). The molecule has 8 amide bonds. The Balaban J connectivity index is 1.12. The molecule has 11 aromatic rings. The Morgan fingerprint density at radius 2 is 0.623 bits per heavy atom. The lowest BCUT2D eigenvalue weighted by Gasteiger charge is -2.33. The molecule has 0 saturated heterocycles. The molecule has 0 bridgehead atoms. The van der Waals surface area contributed by atoms with E-state index in [4.69, 9.17) is 18.9 Å². The van der Waals surface area contributed by atoms with Crippen molar-refractivity contribution in [2.45, 2.75) is 92.9 Å². The van der Waals surface area contributed by atoms with Crippen LogP contribution in [0.2, 0.25) is 0 Å². The number of carbonyl (C=O) groups is 10. The Labute approximate surface area is 660 Å². The zero-order valence-electron chi connectivity index (χ0n) is 64.6. The van der Waals surface area contributed by atoms with Crippen molar-refractivity contribution >= 4 is 113 Å². The largest absolute Gasteiger partial charge is 0.457 e. The van der Waals surface area contributed by atoms with Gasteiger partial charge in [-0.1, -0.05) is 111 Å². The highest BCUT2D eigenvalue weighted by molar-refractivity contribution is 6.45. The van der Waals surface area contributed by atoms with Crippen LogP contribution < -0.4 is 39.4 Å². The molecule has 0 unspecified atom stereocenters. The number of carbonyl (C=O) groups excluding carboxylic acids is 10. The summed E-state index contributed by atoms with van der Waals surface area (Å²) in [6, 6.07) is 52.5. The van der Waals surface area contributed by atoms with Crippen LogP contribution in [0.1, 0.15) is 131 Å². The van der Waals surface area contributed by atoms with Crippen LogP contribution in [0.25, 0.3) is 43.1 Å². The van der Waals surface area contributed by atoms with Crippen molar-refractivity contribution < 1.29 is 66.9 Å². The molecule has 11 aromatic carbocycles. The fraction of sp³-hybridized carbons (Fsp3) is 0.213. The molecule has 0 fully saturated rings. The van der Waals surface area contributed by atoms with Crippen LogP contribution in [0.5, 0.6) is 46.0 Å². The second-order valence-corrected chi connectivity index (χ2v) is 28.7. The average molecular weight is 1520 g/mol. The first-order valence-electron chi connectivity index (χ1n) is 38.0. The van der Waals surface area contributed by atoms with Gasteiger partial charge in [-0.25, -0.2) is 0 Å². The number of rotatable bonds is 34. The van der Waals surface area contributed by atoms with Crippen LogP contribution in [0.15, 0.2) is 231 Å². The lowest BCUT2D eigenvalue weighted by molar-refractivity contribution is -0.119. The molecule has 576 valence electrons. The first kappa shape index (κ1) is 78.5. The van der Waals surface area contributed by atoms with Gasteiger partial charge in [0.1, 0.15) is 59.1 Å². The van der Waals surface area contributed by atoms with Crippen LogP contribution in [-0.4, -0.2) is 108 Å². The number of ketones is 2. The second-order valence-electron chi connectivity index (χ2n) is 28.7. The number of benzene rings is 11. The Kier molecular flexibility index (Phi) is 23.4. The Morgan fingerprint density at radius 3 is 0.877 bits per heavy atom. The van der Waals surface area contributed by atoms with E-state index in [9.17, 15) is 28.8 Å². The van der Waals surface area contributed by atoms with Crippen molar-refractivity contribution in [2.24, 2.45) is 0 Å². The predicted octanol–water partition coefficient (Wildman–Crippen LogP) is 17.6. The van der Waals surface area contributed by atoms with Gasteiger partial charge in [-0.2, -0.15) is 0 Å². The third-order valence-corrected chi connectivity index (χ3v) is 20.5. The van der Waals surface area contributed by atoms with E-state index in [1.165, 1.54) is 34.1 Å². The van der Waals surface area contributed by atoms with E-state index in [0.29, 0.717) is 72.2 Å². The van der Waals surface area contributed by atoms with E-state index in [1.54, 1.807) is 139 Å². The summed E-state index contributed by atoms with van der Waals surface area (Å²) < 4.78 is 29.1. The number of ether oxygens (including phenoxy) is 4. The number of allylic oxidation sites excluding steroid dienone is 2. The van der Waals surface area contributed by atoms with Crippen LogP contribution >= 0.6 is 0 Å². The molecule has 114 heavy (non-hydrogen) atoms. The number of hydrogen-bond donors (Lipinski definition) is 2. The number of hydrogen-bond acceptors (Lipinski definition) is 14. The summed E-state index contributed by atoms with van der Waals surface area (Å²) in [6.07, 6.45) is 3.55. The molecule has 2 heterocycles. The number of anilines is 2. The maximum atomic E-state index is 16.1. The maximum absolute atomic E-state index is 16.1. The van der Waals surface area contributed by atoms with Gasteiger partial charge in [0.25, 0.3) is 23.6 Å². The molecule has 0 spiro atoms. The zero-order valence-corrected chi connectivity index (χ0v) is 64.6. The first-order chi connectivity index (χ1) is 54.9. The molecule has 2 aliphatic heterocycles. The summed E-state index contributed by atoms with van der Waals surface area (Å²) in [7, 11) is 0. The molecular formula is C94H86N6O14. The van der Waals surface area contributed by atoms with Crippen molar-refractivity contribution in [3.8, 4) is 46.0 Å². The van der Waals surface area contributed by atoms with Gasteiger partial charge in [0.2, 0.25) is 23.6 Å². The van der Waals surface area contributed by atoms with E-state index in [0.717, 1.165) is 32.1 Å².